The molecule has 0 fully saturated rings. The minimum absolute atomic E-state index is 1.07. The van der Waals surface area contributed by atoms with E-state index in [0.29, 0.717) is 0 Å². The number of nitrogens with zero attached hydrogens (tertiary/aromatic N) is 2. The molecule has 0 atom stereocenters. The van der Waals surface area contributed by atoms with Crippen molar-refractivity contribution in [1.82, 2.24) is 9.97 Å². The van der Waals surface area contributed by atoms with Crippen molar-refractivity contribution < 1.29 is 0 Å². The molecule has 23 heavy (non-hydrogen) atoms. The highest BCUT2D eigenvalue weighted by molar-refractivity contribution is 7.18. The van der Waals surface area contributed by atoms with E-state index in [0.717, 1.165) is 32.4 Å². The molecule has 1 N–H and O–H groups in total. The number of hydrogen-bond acceptors (Lipinski definition) is 5. The smallest absolute Gasteiger partial charge is 0.125 e. The lowest BCUT2D eigenvalue weighted by Crippen LogP contribution is -1.92. The van der Waals surface area contributed by atoms with Crippen LogP contribution < -0.4 is 5.32 Å². The molecule has 0 bridgehead atoms. The highest BCUT2D eigenvalue weighted by atomic mass is 32.1. The summed E-state index contributed by atoms with van der Waals surface area (Å²) < 4.78 is 0. The summed E-state index contributed by atoms with van der Waals surface area (Å²) in [5, 5.41) is 10.4. The zero-order valence-corrected chi connectivity index (χ0v) is 15.2. The fourth-order valence-corrected chi connectivity index (χ4v) is 5.09. The summed E-state index contributed by atoms with van der Waals surface area (Å²) in [6.07, 6.45) is 0. The van der Waals surface area contributed by atoms with Gasteiger partial charge in [0, 0.05) is 32.9 Å². The topological polar surface area (TPSA) is 37.8 Å². The quantitative estimate of drug-likeness (QED) is 0.495. The number of hydrogen-bond donors (Lipinski definition) is 1. The number of pyridine rings is 2. The average Bonchev–Trinajstić information content (AvgIpc) is 3.04. The molecule has 0 amide bonds. The van der Waals surface area contributed by atoms with Crippen LogP contribution in [0.2, 0.25) is 0 Å². The first-order valence-electron chi connectivity index (χ1n) is 7.51. The van der Waals surface area contributed by atoms with Crippen molar-refractivity contribution in [1.29, 1.82) is 0 Å². The van der Waals surface area contributed by atoms with Crippen LogP contribution in [0.25, 0.3) is 20.4 Å². The monoisotopic (exact) mass is 339 g/mol. The summed E-state index contributed by atoms with van der Waals surface area (Å²) in [7, 11) is 0. The van der Waals surface area contributed by atoms with Gasteiger partial charge in [0.15, 0.2) is 0 Å². The lowest BCUT2D eigenvalue weighted by Gasteiger charge is -2.07. The maximum Gasteiger partial charge on any atom is 0.125 e. The van der Waals surface area contributed by atoms with E-state index in [1.54, 1.807) is 22.7 Å². The fraction of sp³-hybridized carbons (Fsp3) is 0.222. The Morgan fingerprint density at radius 3 is 1.61 bits per heavy atom. The van der Waals surface area contributed by atoms with E-state index in [9.17, 15) is 0 Å². The van der Waals surface area contributed by atoms with E-state index < -0.39 is 0 Å². The Kier molecular flexibility index (Phi) is 3.36. The van der Waals surface area contributed by atoms with Gasteiger partial charge in [-0.3, -0.25) is 0 Å². The van der Waals surface area contributed by atoms with Gasteiger partial charge in [-0.1, -0.05) is 0 Å². The van der Waals surface area contributed by atoms with Crippen LogP contribution in [0.5, 0.6) is 0 Å². The Morgan fingerprint density at radius 2 is 1.17 bits per heavy atom. The van der Waals surface area contributed by atoms with Gasteiger partial charge in [-0.2, -0.15) is 0 Å². The van der Waals surface area contributed by atoms with Crippen LogP contribution in [-0.4, -0.2) is 9.97 Å². The minimum Gasteiger partial charge on any atom is -0.353 e. The molecule has 116 valence electrons. The predicted octanol–water partition coefficient (Wildman–Crippen LogP) is 5.88. The van der Waals surface area contributed by atoms with Crippen LogP contribution in [0.15, 0.2) is 22.9 Å². The molecule has 4 aromatic rings. The van der Waals surface area contributed by atoms with Crippen molar-refractivity contribution in [2.75, 3.05) is 5.32 Å². The third-order valence-corrected chi connectivity index (χ3v) is 5.75. The molecular formula is C18H17N3S2. The van der Waals surface area contributed by atoms with Crippen LogP contribution in [0.3, 0.4) is 0 Å². The number of anilines is 2. The molecule has 5 heteroatoms. The number of aryl methyl sites for hydroxylation is 4. The maximum absolute atomic E-state index is 4.65. The van der Waals surface area contributed by atoms with Crippen molar-refractivity contribution in [3.05, 3.63) is 45.4 Å². The summed E-state index contributed by atoms with van der Waals surface area (Å²) in [5.74, 6) is 0. The van der Waals surface area contributed by atoms with Crippen LogP contribution in [0.1, 0.15) is 22.5 Å². The molecule has 0 aromatic carbocycles. The fourth-order valence-electron chi connectivity index (χ4n) is 3.11. The van der Waals surface area contributed by atoms with Gasteiger partial charge in [-0.25, -0.2) is 9.97 Å². The second-order valence-electron chi connectivity index (χ2n) is 5.95. The van der Waals surface area contributed by atoms with Gasteiger partial charge in [0.25, 0.3) is 0 Å². The van der Waals surface area contributed by atoms with Crippen LogP contribution in [-0.2, 0) is 0 Å². The highest BCUT2D eigenvalue weighted by Gasteiger charge is 2.13. The molecule has 3 nitrogen and oxygen atoms in total. The SMILES string of the molecule is Cc1cc(C)c2c(Nc3csc4nc(C)cc(C)c34)csc2n1. The third-order valence-electron chi connectivity index (χ3n) is 4.01. The van der Waals surface area contributed by atoms with Gasteiger partial charge in [-0.05, 0) is 51.0 Å². The summed E-state index contributed by atoms with van der Waals surface area (Å²) >= 11 is 3.38. The highest BCUT2D eigenvalue weighted by Crippen LogP contribution is 2.38. The van der Waals surface area contributed by atoms with Crippen molar-refractivity contribution >= 4 is 54.5 Å². The molecule has 4 rings (SSSR count). The number of aromatic nitrogens is 2. The van der Waals surface area contributed by atoms with E-state index in [4.69, 9.17) is 0 Å². The Balaban J connectivity index is 1.86. The first-order valence-corrected chi connectivity index (χ1v) is 9.27. The van der Waals surface area contributed by atoms with E-state index in [1.165, 1.54) is 21.9 Å². The Bertz CT molecular complexity index is 959. The number of thiophene rings is 2. The molecule has 0 saturated carbocycles. The second kappa shape index (κ2) is 5.28. The van der Waals surface area contributed by atoms with Gasteiger partial charge in [0.1, 0.15) is 9.66 Å². The lowest BCUT2D eigenvalue weighted by atomic mass is 10.1. The molecule has 4 aromatic heterocycles. The molecule has 0 aliphatic heterocycles. The average molecular weight is 339 g/mol. The van der Waals surface area contributed by atoms with Gasteiger partial charge < -0.3 is 5.32 Å². The van der Waals surface area contributed by atoms with Crippen LogP contribution in [0.4, 0.5) is 11.4 Å². The second-order valence-corrected chi connectivity index (χ2v) is 7.66. The van der Waals surface area contributed by atoms with E-state index >= 15 is 0 Å². The van der Waals surface area contributed by atoms with E-state index in [1.807, 2.05) is 13.8 Å². The van der Waals surface area contributed by atoms with E-state index in [-0.39, 0.29) is 0 Å². The Morgan fingerprint density at radius 1 is 0.739 bits per heavy atom. The third kappa shape index (κ3) is 2.40. The summed E-state index contributed by atoms with van der Waals surface area (Å²) in [6.45, 7) is 8.39. The number of fused-ring (bicyclic) bond motifs is 2. The standard InChI is InChI=1S/C18H17N3S2/c1-9-5-11(3)19-17-15(9)13(7-22-17)21-14-8-23-18-16(14)10(2)6-12(4)20-18/h5-8,21H,1-4H3. The van der Waals surface area contributed by atoms with Crippen molar-refractivity contribution in [2.45, 2.75) is 27.7 Å². The largest absolute Gasteiger partial charge is 0.353 e. The van der Waals surface area contributed by atoms with Crippen molar-refractivity contribution in [3.63, 3.8) is 0 Å². The van der Waals surface area contributed by atoms with Gasteiger partial charge in [0.2, 0.25) is 0 Å². The molecule has 4 heterocycles. The molecule has 0 spiro atoms. The molecule has 0 unspecified atom stereocenters. The van der Waals surface area contributed by atoms with Crippen molar-refractivity contribution in [3.8, 4) is 0 Å². The summed E-state index contributed by atoms with van der Waals surface area (Å²) in [6, 6.07) is 4.28. The zero-order valence-electron chi connectivity index (χ0n) is 13.5. The summed E-state index contributed by atoms with van der Waals surface area (Å²) in [5.41, 5.74) is 6.94. The van der Waals surface area contributed by atoms with Crippen molar-refractivity contribution in [2.24, 2.45) is 0 Å². The normalized spacial score (nSPS) is 11.5. The van der Waals surface area contributed by atoms with Gasteiger partial charge in [0.05, 0.1) is 11.4 Å². The maximum atomic E-state index is 4.65. The number of rotatable bonds is 2. The first kappa shape index (κ1) is 14.6. The first-order chi connectivity index (χ1) is 11.0. The molecular weight excluding hydrogens is 322 g/mol. The minimum atomic E-state index is 1.07. The lowest BCUT2D eigenvalue weighted by molar-refractivity contribution is 1.25. The zero-order chi connectivity index (χ0) is 16.1. The summed E-state index contributed by atoms with van der Waals surface area (Å²) in [4.78, 5) is 11.5. The molecule has 0 aliphatic carbocycles. The molecule has 0 saturated heterocycles. The Hall–Kier alpha value is -1.98. The molecule has 0 radical (unpaired) electrons. The predicted molar refractivity (Wildman–Crippen MR) is 101 cm³/mol. The molecule has 0 aliphatic rings. The van der Waals surface area contributed by atoms with Gasteiger partial charge >= 0.3 is 0 Å². The van der Waals surface area contributed by atoms with Crippen LogP contribution >= 0.6 is 22.7 Å². The number of nitrogens with one attached hydrogen (secondary N) is 1. The van der Waals surface area contributed by atoms with Gasteiger partial charge in [-0.15, -0.1) is 22.7 Å². The van der Waals surface area contributed by atoms with E-state index in [2.05, 4.69) is 52.0 Å². The van der Waals surface area contributed by atoms with Crippen LogP contribution in [0, 0.1) is 27.7 Å². The Labute approximate surface area is 143 Å².